The number of nitrogen functional groups attached to an aromatic ring is 1. The fourth-order valence-electron chi connectivity index (χ4n) is 1.83. The van der Waals surface area contributed by atoms with E-state index in [0.717, 1.165) is 24.0 Å². The summed E-state index contributed by atoms with van der Waals surface area (Å²) in [5.41, 5.74) is 13.0. The summed E-state index contributed by atoms with van der Waals surface area (Å²) in [6.45, 7) is 1.33. The zero-order chi connectivity index (χ0) is 13.9. The van der Waals surface area contributed by atoms with Crippen LogP contribution in [0.15, 0.2) is 23.5 Å². The van der Waals surface area contributed by atoms with Gasteiger partial charge in [0, 0.05) is 35.8 Å². The first kappa shape index (κ1) is 12.9. The van der Waals surface area contributed by atoms with Crippen LogP contribution in [0.2, 0.25) is 0 Å². The molecular formula is C14H18N4O2. The Hall–Kier alpha value is -2.08. The molecule has 0 amide bonds. The first-order valence-electron chi connectivity index (χ1n) is 6.71. The summed E-state index contributed by atoms with van der Waals surface area (Å²) >= 11 is 0. The summed E-state index contributed by atoms with van der Waals surface area (Å²) in [6, 6.07) is 1.96. The minimum Gasteiger partial charge on any atom is -0.490 e. The Balaban J connectivity index is 1.83. The Morgan fingerprint density at radius 3 is 2.85 bits per heavy atom. The third-order valence-electron chi connectivity index (χ3n) is 3.24. The maximum atomic E-state index is 5.86. The highest BCUT2D eigenvalue weighted by Crippen LogP contribution is 2.32. The smallest absolute Gasteiger partial charge is 0.132 e. The molecule has 0 radical (unpaired) electrons. The molecule has 1 aromatic rings. The van der Waals surface area contributed by atoms with Crippen molar-refractivity contribution in [3.05, 3.63) is 24.0 Å². The number of aliphatic imine (C=N–C) groups is 1. The molecule has 20 heavy (non-hydrogen) atoms. The van der Waals surface area contributed by atoms with E-state index >= 15 is 0 Å². The molecule has 1 saturated heterocycles. The second-order valence-electron chi connectivity index (χ2n) is 5.01. The second kappa shape index (κ2) is 5.50. The SMILES string of the molecule is N/C=C(\C=NC1COC1)c1cnc(N)cc1OC1CC1. The standard InChI is InChI=1S/C14H18N4O2/c15-4-9(5-17-10-7-19-8-10)12-6-18-14(16)3-13(12)20-11-1-2-11/h3-6,10-11H,1-2,7-8,15H2,(H2,16,18)/b9-4+,17-5?. The lowest BCUT2D eigenvalue weighted by Crippen LogP contribution is -2.31. The highest BCUT2D eigenvalue weighted by Gasteiger charge is 2.25. The van der Waals surface area contributed by atoms with E-state index in [-0.39, 0.29) is 12.1 Å². The molecule has 106 valence electrons. The second-order valence-corrected chi connectivity index (χ2v) is 5.01. The minimum atomic E-state index is 0.222. The minimum absolute atomic E-state index is 0.222. The largest absolute Gasteiger partial charge is 0.490 e. The predicted molar refractivity (Wildman–Crippen MR) is 77.6 cm³/mol. The monoisotopic (exact) mass is 274 g/mol. The zero-order valence-electron chi connectivity index (χ0n) is 11.2. The van der Waals surface area contributed by atoms with Gasteiger partial charge in [-0.1, -0.05) is 0 Å². The Bertz CT molecular complexity index is 548. The van der Waals surface area contributed by atoms with Gasteiger partial charge in [-0.2, -0.15) is 0 Å². The van der Waals surface area contributed by atoms with E-state index in [4.69, 9.17) is 20.9 Å². The van der Waals surface area contributed by atoms with Gasteiger partial charge in [-0.05, 0) is 12.8 Å². The first-order valence-corrected chi connectivity index (χ1v) is 6.71. The van der Waals surface area contributed by atoms with Crippen LogP contribution in [0.3, 0.4) is 0 Å². The van der Waals surface area contributed by atoms with Gasteiger partial charge >= 0.3 is 0 Å². The number of hydrogen-bond donors (Lipinski definition) is 2. The van der Waals surface area contributed by atoms with Gasteiger partial charge in [-0.25, -0.2) is 4.98 Å². The molecule has 0 spiro atoms. The average molecular weight is 274 g/mol. The Morgan fingerprint density at radius 2 is 2.25 bits per heavy atom. The molecular weight excluding hydrogens is 256 g/mol. The molecule has 6 nitrogen and oxygen atoms in total. The lowest BCUT2D eigenvalue weighted by molar-refractivity contribution is 0.0136. The summed E-state index contributed by atoms with van der Waals surface area (Å²) < 4.78 is 11.0. The van der Waals surface area contributed by atoms with Gasteiger partial charge in [0.1, 0.15) is 11.6 Å². The van der Waals surface area contributed by atoms with Gasteiger partial charge in [0.15, 0.2) is 0 Å². The number of nitrogens with two attached hydrogens (primary N) is 2. The molecule has 0 atom stereocenters. The van der Waals surface area contributed by atoms with E-state index in [9.17, 15) is 0 Å². The van der Waals surface area contributed by atoms with Crippen LogP contribution >= 0.6 is 0 Å². The van der Waals surface area contributed by atoms with Crippen molar-refractivity contribution in [3.63, 3.8) is 0 Å². The number of nitrogens with zero attached hydrogens (tertiary/aromatic N) is 2. The molecule has 2 fully saturated rings. The van der Waals surface area contributed by atoms with Crippen LogP contribution in [-0.2, 0) is 4.74 Å². The van der Waals surface area contributed by atoms with Gasteiger partial charge in [-0.3, -0.25) is 4.99 Å². The summed E-state index contributed by atoms with van der Waals surface area (Å²) in [7, 11) is 0. The molecule has 1 aliphatic heterocycles. The Labute approximate surface area is 117 Å². The van der Waals surface area contributed by atoms with E-state index in [1.165, 1.54) is 6.20 Å². The maximum Gasteiger partial charge on any atom is 0.132 e. The summed E-state index contributed by atoms with van der Waals surface area (Å²) in [6.07, 6.45) is 7.38. The molecule has 2 aliphatic rings. The summed E-state index contributed by atoms with van der Waals surface area (Å²) in [4.78, 5) is 8.54. The highest BCUT2D eigenvalue weighted by molar-refractivity contribution is 6.10. The van der Waals surface area contributed by atoms with E-state index in [0.29, 0.717) is 24.8 Å². The molecule has 4 N–H and O–H groups in total. The molecule has 3 rings (SSSR count). The van der Waals surface area contributed by atoms with Crippen LogP contribution < -0.4 is 16.2 Å². The number of allylic oxidation sites excluding steroid dienone is 1. The van der Waals surface area contributed by atoms with Gasteiger partial charge in [0.2, 0.25) is 0 Å². The van der Waals surface area contributed by atoms with Gasteiger partial charge in [0.25, 0.3) is 0 Å². The molecule has 0 bridgehead atoms. The summed E-state index contributed by atoms with van der Waals surface area (Å²) in [5.74, 6) is 1.15. The fraction of sp³-hybridized carbons (Fsp3) is 0.429. The number of anilines is 1. The maximum absolute atomic E-state index is 5.86. The van der Waals surface area contributed by atoms with Crippen molar-refractivity contribution in [2.24, 2.45) is 10.7 Å². The third kappa shape index (κ3) is 2.91. The van der Waals surface area contributed by atoms with Crippen LogP contribution in [-0.4, -0.2) is 36.6 Å². The Morgan fingerprint density at radius 1 is 1.45 bits per heavy atom. The average Bonchev–Trinajstić information content (AvgIpc) is 3.18. The molecule has 1 aromatic heterocycles. The third-order valence-corrected chi connectivity index (χ3v) is 3.24. The lowest BCUT2D eigenvalue weighted by Gasteiger charge is -2.21. The molecule has 1 saturated carbocycles. The predicted octanol–water partition coefficient (Wildman–Crippen LogP) is 0.974. The molecule has 6 heteroatoms. The van der Waals surface area contributed by atoms with Crippen molar-refractivity contribution in [1.82, 2.24) is 4.98 Å². The van der Waals surface area contributed by atoms with Gasteiger partial charge in [0.05, 0.1) is 25.4 Å². The van der Waals surface area contributed by atoms with E-state index in [1.807, 2.05) is 0 Å². The Kier molecular flexibility index (Phi) is 3.56. The first-order chi connectivity index (χ1) is 9.76. The van der Waals surface area contributed by atoms with Crippen molar-refractivity contribution in [2.75, 3.05) is 18.9 Å². The van der Waals surface area contributed by atoms with Crippen LogP contribution in [0.1, 0.15) is 18.4 Å². The number of hydrogen-bond acceptors (Lipinski definition) is 6. The van der Waals surface area contributed by atoms with Crippen LogP contribution in [0.25, 0.3) is 5.57 Å². The molecule has 0 aromatic carbocycles. The zero-order valence-corrected chi connectivity index (χ0v) is 11.2. The molecule has 0 unspecified atom stereocenters. The highest BCUT2D eigenvalue weighted by atomic mass is 16.5. The topological polar surface area (TPSA) is 95.8 Å². The number of aromatic nitrogens is 1. The summed E-state index contributed by atoms with van der Waals surface area (Å²) in [5, 5.41) is 0. The molecule has 1 aliphatic carbocycles. The van der Waals surface area contributed by atoms with E-state index in [2.05, 4.69) is 9.98 Å². The van der Waals surface area contributed by atoms with Crippen LogP contribution in [0, 0.1) is 0 Å². The van der Waals surface area contributed by atoms with Crippen molar-refractivity contribution >= 4 is 17.6 Å². The lowest BCUT2D eigenvalue weighted by atomic mass is 10.1. The van der Waals surface area contributed by atoms with Crippen molar-refractivity contribution < 1.29 is 9.47 Å². The van der Waals surface area contributed by atoms with Crippen molar-refractivity contribution in [2.45, 2.75) is 25.0 Å². The van der Waals surface area contributed by atoms with Crippen molar-refractivity contribution in [1.29, 1.82) is 0 Å². The van der Waals surface area contributed by atoms with Gasteiger partial charge in [-0.15, -0.1) is 0 Å². The van der Waals surface area contributed by atoms with Crippen LogP contribution in [0.5, 0.6) is 5.75 Å². The van der Waals surface area contributed by atoms with Crippen molar-refractivity contribution in [3.8, 4) is 5.75 Å². The van der Waals surface area contributed by atoms with E-state index < -0.39 is 0 Å². The van der Waals surface area contributed by atoms with E-state index in [1.54, 1.807) is 18.5 Å². The number of ether oxygens (including phenoxy) is 2. The normalized spacial score (nSPS) is 20.1. The van der Waals surface area contributed by atoms with Crippen LogP contribution in [0.4, 0.5) is 5.82 Å². The fourth-order valence-corrected chi connectivity index (χ4v) is 1.83. The van der Waals surface area contributed by atoms with Gasteiger partial charge < -0.3 is 20.9 Å². The molecule has 2 heterocycles. The quantitative estimate of drug-likeness (QED) is 0.780. The number of rotatable bonds is 5. The number of pyridine rings is 1.